The topological polar surface area (TPSA) is 115 Å². The largest absolute Gasteiger partial charge is 0.455 e. The summed E-state index contributed by atoms with van der Waals surface area (Å²) >= 11 is 0. The summed E-state index contributed by atoms with van der Waals surface area (Å²) in [6.45, 7) is 2.90. The first-order valence-electron chi connectivity index (χ1n) is 10.6. The Morgan fingerprint density at radius 1 is 1.17 bits per heavy atom. The van der Waals surface area contributed by atoms with Gasteiger partial charge in [0, 0.05) is 22.3 Å². The zero-order valence-electron chi connectivity index (χ0n) is 19.2. The highest BCUT2D eigenvalue weighted by Gasteiger charge is 2.44. The van der Waals surface area contributed by atoms with Gasteiger partial charge in [-0.25, -0.2) is 4.79 Å². The van der Waals surface area contributed by atoms with Gasteiger partial charge in [-0.3, -0.25) is 14.5 Å². The van der Waals surface area contributed by atoms with Crippen molar-refractivity contribution in [3.63, 3.8) is 0 Å². The number of nitrogens with zero attached hydrogens (tertiary/aromatic N) is 1. The number of hydrogen-bond donors (Lipinski definition) is 2. The molecule has 192 valence electrons. The highest BCUT2D eigenvalue weighted by molar-refractivity contribution is 5.95. The number of anilines is 1. The number of ether oxygens (including phenoxy) is 2. The Morgan fingerprint density at radius 3 is 2.53 bits per heavy atom. The number of alkyl halides is 3. The average molecular weight is 526 g/mol. The Balaban J connectivity index is 0.00000361. The number of benzene rings is 2. The lowest BCUT2D eigenvalue weighted by Gasteiger charge is -2.29. The van der Waals surface area contributed by atoms with E-state index in [1.54, 1.807) is 26.0 Å². The third-order valence-electron chi connectivity index (χ3n) is 5.79. The Bertz CT molecular complexity index is 1370. The van der Waals surface area contributed by atoms with Gasteiger partial charge in [0.1, 0.15) is 5.60 Å². The van der Waals surface area contributed by atoms with Gasteiger partial charge in [-0.1, -0.05) is 24.3 Å². The van der Waals surface area contributed by atoms with Crippen molar-refractivity contribution in [2.75, 3.05) is 18.0 Å². The van der Waals surface area contributed by atoms with Crippen LogP contribution in [0.1, 0.15) is 19.4 Å². The Hall–Kier alpha value is -3.57. The number of aromatic amines is 1. The number of nitrogens with two attached hydrogens (primary N) is 1. The SMILES string of the molecule is CC(C)(OC(=O)CN)[C@@H]1CN(c2ccc3cc(-c4ccccc4C(F)(F)F)[nH]c(=O)c3c2)C(=O)O1.Cl. The number of amides is 1. The summed E-state index contributed by atoms with van der Waals surface area (Å²) in [7, 11) is 0. The minimum atomic E-state index is -4.59. The molecule has 1 saturated heterocycles. The molecule has 0 unspecified atom stereocenters. The van der Waals surface area contributed by atoms with Gasteiger partial charge in [0.2, 0.25) is 0 Å². The number of carbonyl (C=O) groups excluding carboxylic acids is 2. The van der Waals surface area contributed by atoms with Crippen molar-refractivity contribution in [2.24, 2.45) is 5.73 Å². The smallest absolute Gasteiger partial charge is 0.417 e. The van der Waals surface area contributed by atoms with Crippen LogP contribution in [0.4, 0.5) is 23.7 Å². The van der Waals surface area contributed by atoms with Gasteiger partial charge in [0.05, 0.1) is 18.7 Å². The van der Waals surface area contributed by atoms with E-state index in [0.717, 1.165) is 6.07 Å². The van der Waals surface area contributed by atoms with Gasteiger partial charge in [-0.2, -0.15) is 13.2 Å². The molecular weight excluding hydrogens is 503 g/mol. The molecule has 1 fully saturated rings. The molecule has 2 heterocycles. The number of H-pyrrole nitrogens is 1. The van der Waals surface area contributed by atoms with Crippen molar-refractivity contribution in [2.45, 2.75) is 31.7 Å². The number of carbonyl (C=O) groups is 2. The van der Waals surface area contributed by atoms with Crippen molar-refractivity contribution >= 4 is 40.9 Å². The van der Waals surface area contributed by atoms with E-state index in [1.807, 2.05) is 0 Å². The zero-order valence-corrected chi connectivity index (χ0v) is 20.0. The van der Waals surface area contributed by atoms with Gasteiger partial charge in [0.15, 0.2) is 6.10 Å². The molecule has 1 aliphatic heterocycles. The fourth-order valence-corrected chi connectivity index (χ4v) is 3.96. The Labute approximate surface area is 209 Å². The summed E-state index contributed by atoms with van der Waals surface area (Å²) < 4.78 is 51.0. The lowest BCUT2D eigenvalue weighted by atomic mass is 10.0. The molecule has 4 rings (SSSR count). The van der Waals surface area contributed by atoms with Crippen LogP contribution in [0.15, 0.2) is 53.3 Å². The van der Waals surface area contributed by atoms with Gasteiger partial charge in [0.25, 0.3) is 5.56 Å². The molecule has 1 atom stereocenters. The van der Waals surface area contributed by atoms with E-state index < -0.39 is 41.1 Å². The standard InChI is InChI=1S/C24H22F3N3O5.ClH/c1-23(2,35-20(31)11-28)19-12-30(22(33)34-19)14-8-7-13-9-18(29-21(32)16(13)10-14)15-5-3-4-6-17(15)24(25,26)27;/h3-10,19H,11-12,28H2,1-2H3,(H,29,32);1H/t19-;/m0./s1. The third-order valence-corrected chi connectivity index (χ3v) is 5.79. The molecule has 8 nitrogen and oxygen atoms in total. The lowest BCUT2D eigenvalue weighted by molar-refractivity contribution is -0.163. The predicted octanol–water partition coefficient (Wildman–Crippen LogP) is 4.24. The number of fused-ring (bicyclic) bond motifs is 1. The van der Waals surface area contributed by atoms with Crippen LogP contribution < -0.4 is 16.2 Å². The van der Waals surface area contributed by atoms with Gasteiger partial charge < -0.3 is 20.2 Å². The first-order valence-corrected chi connectivity index (χ1v) is 10.6. The van der Waals surface area contributed by atoms with Crippen molar-refractivity contribution in [3.8, 4) is 11.3 Å². The molecule has 12 heteroatoms. The van der Waals surface area contributed by atoms with E-state index in [9.17, 15) is 27.6 Å². The number of esters is 1. The monoisotopic (exact) mass is 525 g/mol. The van der Waals surface area contributed by atoms with E-state index >= 15 is 0 Å². The molecular formula is C24H23ClF3N3O5. The number of aromatic nitrogens is 1. The molecule has 0 spiro atoms. The van der Waals surface area contributed by atoms with Crippen LogP contribution >= 0.6 is 12.4 Å². The van der Waals surface area contributed by atoms with Crippen LogP contribution in [0, 0.1) is 0 Å². The maximum absolute atomic E-state index is 13.4. The molecule has 0 radical (unpaired) electrons. The van der Waals surface area contributed by atoms with Crippen LogP contribution in [0.2, 0.25) is 0 Å². The third kappa shape index (κ3) is 5.17. The molecule has 0 saturated carbocycles. The van der Waals surface area contributed by atoms with E-state index in [2.05, 4.69) is 4.98 Å². The first kappa shape index (κ1) is 27.0. The molecule has 0 aliphatic carbocycles. The maximum atomic E-state index is 13.4. The highest BCUT2D eigenvalue weighted by atomic mass is 35.5. The lowest BCUT2D eigenvalue weighted by Crippen LogP contribution is -2.44. The second kappa shape index (κ2) is 9.82. The number of pyridine rings is 1. The second-order valence-electron chi connectivity index (χ2n) is 8.59. The molecule has 36 heavy (non-hydrogen) atoms. The number of hydrogen-bond acceptors (Lipinski definition) is 6. The first-order chi connectivity index (χ1) is 16.4. The van der Waals surface area contributed by atoms with Crippen molar-refractivity contribution < 1.29 is 32.2 Å². The van der Waals surface area contributed by atoms with Crippen molar-refractivity contribution in [3.05, 3.63) is 64.4 Å². The number of rotatable bonds is 5. The Kier molecular flexibility index (Phi) is 7.37. The second-order valence-corrected chi connectivity index (χ2v) is 8.59. The molecule has 1 aromatic heterocycles. The van der Waals surface area contributed by atoms with Crippen molar-refractivity contribution in [1.29, 1.82) is 0 Å². The number of nitrogens with one attached hydrogen (secondary N) is 1. The molecule has 1 amide bonds. The van der Waals surface area contributed by atoms with Crippen LogP contribution in [0.3, 0.4) is 0 Å². The summed E-state index contributed by atoms with van der Waals surface area (Å²) in [5.74, 6) is -0.648. The van der Waals surface area contributed by atoms with Gasteiger partial charge >= 0.3 is 18.2 Å². The molecule has 2 aromatic carbocycles. The zero-order chi connectivity index (χ0) is 25.5. The van der Waals surface area contributed by atoms with Gasteiger partial charge in [-0.05, 0) is 43.5 Å². The highest BCUT2D eigenvalue weighted by Crippen LogP contribution is 2.37. The minimum absolute atomic E-state index is 0. The quantitative estimate of drug-likeness (QED) is 0.481. The van der Waals surface area contributed by atoms with Crippen LogP contribution in [0.25, 0.3) is 22.0 Å². The molecule has 0 bridgehead atoms. The summed E-state index contributed by atoms with van der Waals surface area (Å²) in [6, 6.07) is 11.0. The number of cyclic esters (lactones) is 1. The maximum Gasteiger partial charge on any atom is 0.417 e. The van der Waals surface area contributed by atoms with E-state index in [-0.39, 0.29) is 42.1 Å². The average Bonchev–Trinajstić information content (AvgIpc) is 3.20. The van der Waals surface area contributed by atoms with Crippen LogP contribution in [0.5, 0.6) is 0 Å². The fraction of sp³-hybridized carbons (Fsp3) is 0.292. The predicted molar refractivity (Wildman–Crippen MR) is 129 cm³/mol. The molecule has 1 aliphatic rings. The summed E-state index contributed by atoms with van der Waals surface area (Å²) in [5.41, 5.74) is 2.88. The Morgan fingerprint density at radius 2 is 1.86 bits per heavy atom. The normalized spacial score (nSPS) is 16.0. The van der Waals surface area contributed by atoms with E-state index in [4.69, 9.17) is 15.2 Å². The summed E-state index contributed by atoms with van der Waals surface area (Å²) in [5, 5.41) is 0.576. The summed E-state index contributed by atoms with van der Waals surface area (Å²) in [4.78, 5) is 40.7. The van der Waals surface area contributed by atoms with Gasteiger partial charge in [-0.15, -0.1) is 12.4 Å². The van der Waals surface area contributed by atoms with Crippen LogP contribution in [-0.2, 0) is 20.4 Å². The van der Waals surface area contributed by atoms with Crippen molar-refractivity contribution in [1.82, 2.24) is 4.98 Å². The minimum Gasteiger partial charge on any atom is -0.455 e. The molecule has 3 aromatic rings. The number of halogens is 4. The van der Waals surface area contributed by atoms with E-state index in [1.165, 1.54) is 35.2 Å². The van der Waals surface area contributed by atoms with Crippen LogP contribution in [-0.4, -0.2) is 41.8 Å². The fourth-order valence-electron chi connectivity index (χ4n) is 3.96. The van der Waals surface area contributed by atoms with E-state index in [0.29, 0.717) is 11.1 Å². The summed E-state index contributed by atoms with van der Waals surface area (Å²) in [6.07, 6.45) is -6.08. The molecule has 3 N–H and O–H groups in total.